The van der Waals surface area contributed by atoms with Gasteiger partial charge in [0.15, 0.2) is 52.6 Å². The molecule has 14 aromatic carbocycles. The molecule has 0 aliphatic carbocycles. The number of hydrogen-bond acceptors (Lipinski definition) is 20. The summed E-state index contributed by atoms with van der Waals surface area (Å²) in [6.07, 6.45) is 0.502. The van der Waals surface area contributed by atoms with Gasteiger partial charge in [0, 0.05) is 75.2 Å². The van der Waals surface area contributed by atoms with Crippen molar-refractivity contribution in [1.29, 1.82) is 0 Å². The lowest BCUT2D eigenvalue weighted by molar-refractivity contribution is -0.385. The smallest absolute Gasteiger partial charge is 0.273 e. The van der Waals surface area contributed by atoms with E-state index < -0.39 is 34.4 Å². The molecule has 140 heavy (non-hydrogen) atoms. The topological polar surface area (TPSA) is 377 Å². The number of aryl methyl sites for hydroxylation is 5. The first-order chi connectivity index (χ1) is 67.2. The van der Waals surface area contributed by atoms with E-state index in [-0.39, 0.29) is 50.7 Å². The van der Waals surface area contributed by atoms with Gasteiger partial charge in [-0.15, -0.1) is 11.3 Å². The van der Waals surface area contributed by atoms with Crippen LogP contribution in [-0.2, 0) is 59.6 Å². The third-order valence-corrected chi connectivity index (χ3v) is 31.1. The summed E-state index contributed by atoms with van der Waals surface area (Å²) in [7, 11) is -6.07. The number of carbonyl (C=O) groups excluding carboxylic acids is 2. The number of hydrogen-bond donors (Lipinski definition) is 6. The molecule has 706 valence electrons. The van der Waals surface area contributed by atoms with Crippen LogP contribution in [0, 0.1) is 44.7 Å². The van der Waals surface area contributed by atoms with Crippen LogP contribution in [-0.4, -0.2) is 113 Å². The van der Waals surface area contributed by atoms with Gasteiger partial charge in [0.1, 0.15) is 39.1 Å². The molecule has 7 N–H and O–H groups in total. The molecule has 6 aromatic heterocycles. The normalized spacial score (nSPS) is 11.4. The van der Waals surface area contributed by atoms with E-state index in [1.807, 2.05) is 191 Å². The number of nitrogen functional groups attached to an aromatic ring is 1. The molecule has 0 saturated heterocycles. The summed E-state index contributed by atoms with van der Waals surface area (Å²) in [5, 5.41) is 14.4. The number of anilines is 1. The van der Waals surface area contributed by atoms with E-state index >= 15 is 0 Å². The van der Waals surface area contributed by atoms with Crippen LogP contribution >= 0.6 is 46.1 Å². The maximum Gasteiger partial charge on any atom is 0.273 e. The second-order valence-corrected chi connectivity index (χ2v) is 41.5. The summed E-state index contributed by atoms with van der Waals surface area (Å²) < 4.78 is 93.0. The minimum Gasteiger partial charge on any atom is -0.497 e. The molecule has 0 fully saturated rings. The van der Waals surface area contributed by atoms with Crippen LogP contribution in [0.15, 0.2) is 317 Å². The fourth-order valence-electron chi connectivity index (χ4n) is 15.7. The van der Waals surface area contributed by atoms with Crippen molar-refractivity contribution in [3.8, 4) is 74.2 Å². The third-order valence-electron chi connectivity index (χ3n) is 23.4. The molecule has 0 radical (unpaired) electrons. The molecule has 0 aliphatic heterocycles. The maximum atomic E-state index is 13.1. The average Bonchev–Trinajstić information content (AvgIpc) is 1.61. The number of ether oxygens (including phenoxy) is 3. The maximum absolute atomic E-state index is 13.1. The number of nitro groups is 1. The summed E-state index contributed by atoms with van der Waals surface area (Å²) in [5.74, 6) is 4.21. The number of fused-ring (bicyclic) bond motifs is 5. The third kappa shape index (κ3) is 22.8. The number of aromatic nitrogens is 10. The first-order valence-electron chi connectivity index (χ1n) is 43.8. The highest BCUT2D eigenvalue weighted by Crippen LogP contribution is 2.38. The largest absolute Gasteiger partial charge is 0.497 e. The van der Waals surface area contributed by atoms with Gasteiger partial charge >= 0.3 is 0 Å². The zero-order chi connectivity index (χ0) is 98.8. The monoisotopic (exact) mass is 2000 g/mol. The van der Waals surface area contributed by atoms with Gasteiger partial charge in [-0.2, -0.15) is 0 Å². The molecule has 0 saturated carbocycles. The number of carbonyl (C=O) groups is 2. The number of rotatable bonds is 24. The second kappa shape index (κ2) is 42.4. The van der Waals surface area contributed by atoms with Gasteiger partial charge < -0.3 is 44.9 Å². The molecular formula is C108H91Cl3N12O13S4. The highest BCUT2D eigenvalue weighted by molar-refractivity contribution is 7.92. The van der Waals surface area contributed by atoms with Gasteiger partial charge in [-0.3, -0.25) is 19.7 Å². The number of methoxy groups -OCH3 is 3. The van der Waals surface area contributed by atoms with Crippen molar-refractivity contribution in [1.82, 2.24) is 49.8 Å². The number of para-hydroxylation sites is 10. The van der Waals surface area contributed by atoms with E-state index in [1.54, 1.807) is 128 Å². The van der Waals surface area contributed by atoms with Gasteiger partial charge in [-0.05, 0) is 236 Å². The lowest BCUT2D eigenvalue weighted by Gasteiger charge is -2.11. The first-order valence-corrected chi connectivity index (χ1v) is 50.8. The number of Topliss-reactive ketones (excluding diaryl/α,β-unsaturated/α-hetero) is 2. The van der Waals surface area contributed by atoms with Gasteiger partial charge in [0.05, 0.1) is 124 Å². The van der Waals surface area contributed by atoms with Crippen molar-refractivity contribution in [3.05, 3.63) is 395 Å². The lowest BCUT2D eigenvalue weighted by atomic mass is 9.96. The number of nitrogens with one attached hydrogen (secondary N) is 5. The number of aromatic amines is 5. The van der Waals surface area contributed by atoms with Gasteiger partial charge in [-0.25, -0.2) is 50.2 Å². The van der Waals surface area contributed by atoms with Crippen LogP contribution in [0.1, 0.15) is 76.4 Å². The van der Waals surface area contributed by atoms with Crippen molar-refractivity contribution in [2.45, 2.75) is 78.7 Å². The van der Waals surface area contributed by atoms with Gasteiger partial charge in [0.2, 0.25) is 0 Å². The van der Waals surface area contributed by atoms with E-state index in [1.165, 1.54) is 50.9 Å². The lowest BCUT2D eigenvalue weighted by Crippen LogP contribution is -2.07. The van der Waals surface area contributed by atoms with Crippen LogP contribution in [0.4, 0.5) is 11.4 Å². The number of halogens is 3. The SMILES string of the molecule is COc1ccc(C)c(S(=O)(=O)Cc2ccc(Cl)c(-c3nc4ccccc4[nH]3)c2)c1.COc1ccc(S(=O)(=O)Cc2ccc(Cl)c(-c3nc4ccccc4[nH]3)c2)cc1OC.Cc1ccc(-c2nc3ccccc3[nH]2)cc1CC(=O)c1ccc(C)c([N+](=O)[O-])c1.Cc1ccc(C(=O)Cc2cc(-c3nc4ccccc4[nH]3)ccc2C)cc1N.O=S(=O)(Cc1ccc(Cl)c(-c2nc3ccccc3[nH]2)c1)c1cccs1. The molecule has 0 unspecified atom stereocenters. The van der Waals surface area contributed by atoms with E-state index in [9.17, 15) is 45.0 Å². The van der Waals surface area contributed by atoms with E-state index in [2.05, 4.69) is 49.8 Å². The van der Waals surface area contributed by atoms with E-state index in [0.717, 1.165) is 106 Å². The molecule has 20 aromatic rings. The number of thiophene rings is 1. The number of nitro benzene ring substituents is 1. The Bertz CT molecular complexity index is 8330. The highest BCUT2D eigenvalue weighted by Gasteiger charge is 2.26. The number of ketones is 2. The molecule has 0 bridgehead atoms. The Kier molecular flexibility index (Phi) is 29.6. The summed E-state index contributed by atoms with van der Waals surface area (Å²) in [6, 6.07) is 89.3. The van der Waals surface area contributed by atoms with Crippen molar-refractivity contribution in [2.75, 3.05) is 27.1 Å². The molecule has 0 atom stereocenters. The molecule has 0 aliphatic rings. The van der Waals surface area contributed by atoms with Crippen LogP contribution in [0.3, 0.4) is 0 Å². The minimum absolute atomic E-state index is 0.0383. The number of sulfone groups is 3. The van der Waals surface area contributed by atoms with Crippen LogP contribution in [0.2, 0.25) is 15.1 Å². The van der Waals surface area contributed by atoms with Crippen molar-refractivity contribution < 1.29 is 54.0 Å². The standard InChI is InChI=1S/C23H19N3O3.C23H21N3O.C22H19ClN2O4S.C22H19ClN2O3S.C18H13ClN2O2S2/c1-14-7-10-17(23-24-19-5-3-4-6-20(19)25-23)11-18(14)13-22(27)16-9-8-15(2)21(12-16)26(28)29;1-14-7-10-17(23-25-20-5-3-4-6-21(20)26-23)11-18(14)13-22(27)16-9-8-15(2)19(24)12-16;1-28-20-10-8-15(12-21(20)29-2)30(26,27)13-14-7-9-17(23)16(11-14)22-24-18-5-3-4-6-19(18)25-22;1-14-7-9-16(28-2)12-21(14)29(26,27)13-15-8-10-18(23)17(11-15)22-24-19-5-3-4-6-20(19)25-22;19-14-8-7-12(11-25(22,23)17-6-3-9-24-17)10-13(14)18-20-15-4-1-2-5-16(15)21-18/h3-12H,13H2,1-2H3,(H,24,25);3-12H,13,24H2,1-2H3,(H,25,26);3-12H,13H2,1-2H3,(H,24,25);3-12H,13H2,1-2H3,(H,24,25);1-10H,11H2,(H,20,21). The first kappa shape index (κ1) is 97.9. The number of H-pyrrole nitrogens is 5. The predicted molar refractivity (Wildman–Crippen MR) is 556 cm³/mol. The summed E-state index contributed by atoms with van der Waals surface area (Å²) in [4.78, 5) is 75.9. The second-order valence-electron chi connectivity index (χ2n) is 33.1. The molecule has 25 nitrogen and oxygen atoms in total. The van der Waals surface area contributed by atoms with Crippen LogP contribution < -0.4 is 19.9 Å². The number of imidazole rings is 5. The molecule has 6 heterocycles. The predicted octanol–water partition coefficient (Wildman–Crippen LogP) is 25.0. The quantitative estimate of drug-likeness (QED) is 0.0142. The zero-order valence-electron chi connectivity index (χ0n) is 76.7. The number of nitrogens with zero attached hydrogens (tertiary/aromatic N) is 6. The van der Waals surface area contributed by atoms with Crippen molar-refractivity contribution >= 4 is 154 Å². The van der Waals surface area contributed by atoms with Crippen LogP contribution in [0.25, 0.3) is 112 Å². The highest BCUT2D eigenvalue weighted by atomic mass is 35.5. The Morgan fingerprint density at radius 2 is 0.764 bits per heavy atom. The van der Waals surface area contributed by atoms with E-state index in [0.29, 0.717) is 122 Å². The molecule has 32 heteroatoms. The molecule has 20 rings (SSSR count). The zero-order valence-corrected chi connectivity index (χ0v) is 82.3. The molecule has 0 amide bonds. The Morgan fingerprint density at radius 3 is 1.16 bits per heavy atom. The fraction of sp³-hybridized carbons (Fsp3) is 0.120. The Morgan fingerprint density at radius 1 is 0.379 bits per heavy atom. The molecule has 0 spiro atoms. The number of benzene rings is 14. The molecular weight excluding hydrogens is 1910 g/mol. The Labute approximate surface area is 825 Å². The number of nitrogens with two attached hydrogens (primary N) is 1. The summed E-state index contributed by atoms with van der Waals surface area (Å²) in [5.41, 5.74) is 28.4. The van der Waals surface area contributed by atoms with Crippen LogP contribution in [0.5, 0.6) is 17.2 Å². The Hall–Kier alpha value is -15.2. The minimum atomic E-state index is -3.62. The summed E-state index contributed by atoms with van der Waals surface area (Å²) in [6.45, 7) is 9.34. The van der Waals surface area contributed by atoms with Crippen molar-refractivity contribution in [3.63, 3.8) is 0 Å². The fourth-order valence-corrected chi connectivity index (χ4v) is 21.7. The average molecular weight is 2000 g/mol. The van der Waals surface area contributed by atoms with Crippen molar-refractivity contribution in [2.24, 2.45) is 0 Å². The summed E-state index contributed by atoms with van der Waals surface area (Å²) >= 11 is 20.3. The van der Waals surface area contributed by atoms with Gasteiger partial charge in [0.25, 0.3) is 5.69 Å². The van der Waals surface area contributed by atoms with E-state index in [4.69, 9.17) is 54.7 Å². The van der Waals surface area contributed by atoms with Gasteiger partial charge in [-0.1, -0.05) is 174 Å². The Balaban J connectivity index is 0.000000126.